The molecule has 0 aliphatic heterocycles. The lowest BCUT2D eigenvalue weighted by atomic mass is 9.86. The summed E-state index contributed by atoms with van der Waals surface area (Å²) >= 11 is 0. The summed E-state index contributed by atoms with van der Waals surface area (Å²) in [5.74, 6) is -1.04. The minimum atomic E-state index is -0.806. The number of carbonyl (C=O) groups is 2. The molecule has 0 aromatic rings. The Labute approximate surface area is 102 Å². The van der Waals surface area contributed by atoms with Gasteiger partial charge in [-0.05, 0) is 19.3 Å². The van der Waals surface area contributed by atoms with Gasteiger partial charge in [0.05, 0.1) is 11.5 Å². The molecule has 0 heterocycles. The largest absolute Gasteiger partial charge is 0.481 e. The Kier molecular flexibility index (Phi) is 4.93. The lowest BCUT2D eigenvalue weighted by Crippen LogP contribution is -2.47. The van der Waals surface area contributed by atoms with Crippen molar-refractivity contribution in [3.63, 3.8) is 0 Å². The molecule has 0 radical (unpaired) electrons. The molecule has 5 heteroatoms. The minimum absolute atomic E-state index is 0.207. The number of nitrogens with two attached hydrogens (primary N) is 1. The first-order valence-electron chi connectivity index (χ1n) is 6.28. The van der Waals surface area contributed by atoms with Gasteiger partial charge in [-0.15, -0.1) is 0 Å². The highest BCUT2D eigenvalue weighted by Gasteiger charge is 2.41. The van der Waals surface area contributed by atoms with Crippen LogP contribution in [0, 0.1) is 5.41 Å². The van der Waals surface area contributed by atoms with E-state index in [2.05, 4.69) is 5.32 Å². The number of carbonyl (C=O) groups excluding carboxylic acids is 1. The standard InChI is InChI=1S/C12H22N2O3/c1-2-5-9(13)10(15)14-8-12(11(16)17)6-3-4-7-12/h9H,2-8,13H2,1H3,(H,14,15)(H,16,17)/t9-/m0/s1. The summed E-state index contributed by atoms with van der Waals surface area (Å²) in [4.78, 5) is 22.9. The molecule has 0 bridgehead atoms. The summed E-state index contributed by atoms with van der Waals surface area (Å²) in [6.07, 6.45) is 4.61. The summed E-state index contributed by atoms with van der Waals surface area (Å²) in [6.45, 7) is 2.17. The quantitative estimate of drug-likeness (QED) is 0.644. The van der Waals surface area contributed by atoms with Crippen molar-refractivity contribution in [2.45, 2.75) is 51.5 Å². The van der Waals surface area contributed by atoms with Crippen LogP contribution in [-0.2, 0) is 9.59 Å². The van der Waals surface area contributed by atoms with Gasteiger partial charge in [0.15, 0.2) is 0 Å². The molecule has 0 unspecified atom stereocenters. The van der Waals surface area contributed by atoms with Crippen LogP contribution in [0.25, 0.3) is 0 Å². The summed E-state index contributed by atoms with van der Waals surface area (Å²) in [5, 5.41) is 11.9. The molecular weight excluding hydrogens is 220 g/mol. The smallest absolute Gasteiger partial charge is 0.311 e. The lowest BCUT2D eigenvalue weighted by Gasteiger charge is -2.24. The van der Waals surface area contributed by atoms with Gasteiger partial charge < -0.3 is 16.2 Å². The van der Waals surface area contributed by atoms with Crippen LogP contribution in [0.5, 0.6) is 0 Å². The first-order valence-corrected chi connectivity index (χ1v) is 6.28. The Bertz CT molecular complexity index is 285. The SMILES string of the molecule is CCC[C@H](N)C(=O)NCC1(C(=O)O)CCCC1. The fourth-order valence-corrected chi connectivity index (χ4v) is 2.35. The van der Waals surface area contributed by atoms with E-state index in [0.29, 0.717) is 19.3 Å². The van der Waals surface area contributed by atoms with Crippen LogP contribution in [0.3, 0.4) is 0 Å². The van der Waals surface area contributed by atoms with Gasteiger partial charge in [-0.2, -0.15) is 0 Å². The van der Waals surface area contributed by atoms with Crippen LogP contribution in [0.4, 0.5) is 0 Å². The number of carboxylic acid groups (broad SMARTS) is 1. The van der Waals surface area contributed by atoms with Crippen molar-refractivity contribution >= 4 is 11.9 Å². The van der Waals surface area contributed by atoms with Crippen LogP contribution in [0.1, 0.15) is 45.4 Å². The molecule has 4 N–H and O–H groups in total. The third-order valence-corrected chi connectivity index (χ3v) is 3.55. The van der Waals surface area contributed by atoms with E-state index < -0.39 is 17.4 Å². The molecule has 1 fully saturated rings. The van der Waals surface area contributed by atoms with Crippen LogP contribution >= 0.6 is 0 Å². The number of nitrogens with one attached hydrogen (secondary N) is 1. The average Bonchev–Trinajstić information content (AvgIpc) is 2.76. The second kappa shape index (κ2) is 6.00. The van der Waals surface area contributed by atoms with Crippen molar-refractivity contribution in [2.75, 3.05) is 6.54 Å². The van der Waals surface area contributed by atoms with E-state index in [0.717, 1.165) is 19.3 Å². The zero-order chi connectivity index (χ0) is 12.9. The highest BCUT2D eigenvalue weighted by atomic mass is 16.4. The van der Waals surface area contributed by atoms with Crippen molar-refractivity contribution in [1.29, 1.82) is 0 Å². The molecule has 1 aliphatic rings. The molecule has 1 rings (SSSR count). The summed E-state index contributed by atoms with van der Waals surface area (Å²) < 4.78 is 0. The Morgan fingerprint density at radius 1 is 1.41 bits per heavy atom. The minimum Gasteiger partial charge on any atom is -0.481 e. The van der Waals surface area contributed by atoms with E-state index in [1.807, 2.05) is 6.92 Å². The number of aliphatic carboxylic acids is 1. The Morgan fingerprint density at radius 2 is 2.00 bits per heavy atom. The second-order valence-corrected chi connectivity index (χ2v) is 4.91. The van der Waals surface area contributed by atoms with Crippen LogP contribution in [-0.4, -0.2) is 29.6 Å². The lowest BCUT2D eigenvalue weighted by molar-refractivity contribution is -0.148. The molecule has 0 aromatic carbocycles. The van der Waals surface area contributed by atoms with Gasteiger partial charge in [0.25, 0.3) is 0 Å². The molecule has 1 atom stereocenters. The van der Waals surface area contributed by atoms with Crippen molar-refractivity contribution in [1.82, 2.24) is 5.32 Å². The number of rotatable bonds is 6. The normalized spacial score (nSPS) is 19.9. The summed E-state index contributed by atoms with van der Waals surface area (Å²) in [7, 11) is 0. The van der Waals surface area contributed by atoms with E-state index in [9.17, 15) is 14.7 Å². The number of hydrogen-bond donors (Lipinski definition) is 3. The van der Waals surface area contributed by atoms with Crippen molar-refractivity contribution in [3.8, 4) is 0 Å². The molecule has 5 nitrogen and oxygen atoms in total. The number of hydrogen-bond acceptors (Lipinski definition) is 3. The maximum absolute atomic E-state index is 11.6. The van der Waals surface area contributed by atoms with Gasteiger partial charge in [0.2, 0.25) is 5.91 Å². The number of carboxylic acids is 1. The fraction of sp³-hybridized carbons (Fsp3) is 0.833. The third kappa shape index (κ3) is 3.43. The van der Waals surface area contributed by atoms with Crippen molar-refractivity contribution in [3.05, 3.63) is 0 Å². The fourth-order valence-electron chi connectivity index (χ4n) is 2.35. The molecular formula is C12H22N2O3. The topological polar surface area (TPSA) is 92.4 Å². The van der Waals surface area contributed by atoms with Crippen LogP contribution < -0.4 is 11.1 Å². The van der Waals surface area contributed by atoms with Crippen LogP contribution in [0.15, 0.2) is 0 Å². The van der Waals surface area contributed by atoms with Gasteiger partial charge in [-0.1, -0.05) is 26.2 Å². The molecule has 0 spiro atoms. The Balaban J connectivity index is 2.48. The molecule has 1 saturated carbocycles. The van der Waals surface area contributed by atoms with Gasteiger partial charge in [0, 0.05) is 6.54 Å². The van der Waals surface area contributed by atoms with Gasteiger partial charge in [-0.3, -0.25) is 9.59 Å². The Morgan fingerprint density at radius 3 is 2.47 bits per heavy atom. The molecule has 17 heavy (non-hydrogen) atoms. The van der Waals surface area contributed by atoms with Gasteiger partial charge in [-0.25, -0.2) is 0 Å². The van der Waals surface area contributed by atoms with Gasteiger partial charge >= 0.3 is 5.97 Å². The molecule has 0 aromatic heterocycles. The Hall–Kier alpha value is -1.10. The van der Waals surface area contributed by atoms with Crippen molar-refractivity contribution < 1.29 is 14.7 Å². The summed E-state index contributed by atoms with van der Waals surface area (Å²) in [6, 6.07) is -0.521. The van der Waals surface area contributed by atoms with E-state index in [1.165, 1.54) is 0 Å². The zero-order valence-corrected chi connectivity index (χ0v) is 10.4. The third-order valence-electron chi connectivity index (χ3n) is 3.55. The second-order valence-electron chi connectivity index (χ2n) is 4.91. The highest BCUT2D eigenvalue weighted by Crippen LogP contribution is 2.37. The maximum atomic E-state index is 11.6. The number of amides is 1. The predicted octanol–water partition coefficient (Wildman–Crippen LogP) is 0.875. The van der Waals surface area contributed by atoms with Crippen LogP contribution in [0.2, 0.25) is 0 Å². The highest BCUT2D eigenvalue weighted by molar-refractivity contribution is 5.82. The zero-order valence-electron chi connectivity index (χ0n) is 10.4. The van der Waals surface area contributed by atoms with E-state index in [-0.39, 0.29) is 12.5 Å². The summed E-state index contributed by atoms with van der Waals surface area (Å²) in [5.41, 5.74) is 4.91. The average molecular weight is 242 g/mol. The van der Waals surface area contributed by atoms with Crippen molar-refractivity contribution in [2.24, 2.45) is 11.1 Å². The predicted molar refractivity (Wildman–Crippen MR) is 64.4 cm³/mol. The van der Waals surface area contributed by atoms with E-state index in [4.69, 9.17) is 5.73 Å². The maximum Gasteiger partial charge on any atom is 0.311 e. The molecule has 1 aliphatic carbocycles. The van der Waals surface area contributed by atoms with Gasteiger partial charge in [0.1, 0.15) is 0 Å². The first-order chi connectivity index (χ1) is 8.02. The molecule has 1 amide bonds. The van der Waals surface area contributed by atoms with E-state index >= 15 is 0 Å². The van der Waals surface area contributed by atoms with E-state index in [1.54, 1.807) is 0 Å². The molecule has 98 valence electrons. The monoisotopic (exact) mass is 242 g/mol. The first kappa shape index (κ1) is 14.0. The molecule has 0 saturated heterocycles.